The normalized spacial score (nSPS) is 12.3. The number of benzene rings is 1. The van der Waals surface area contributed by atoms with Crippen molar-refractivity contribution in [2.45, 2.75) is 23.9 Å². The number of rotatable bonds is 11. The molecule has 0 spiro atoms. The van der Waals surface area contributed by atoms with E-state index < -0.39 is 16.1 Å². The van der Waals surface area contributed by atoms with E-state index in [-0.39, 0.29) is 36.3 Å². The highest BCUT2D eigenvalue weighted by Gasteiger charge is 2.15. The van der Waals surface area contributed by atoms with Crippen LogP contribution in [0.15, 0.2) is 29.2 Å². The van der Waals surface area contributed by atoms with Crippen LogP contribution in [0.25, 0.3) is 0 Å². The Morgan fingerprint density at radius 2 is 2.12 bits per heavy atom. The third-order valence-electron chi connectivity index (χ3n) is 3.24. The summed E-state index contributed by atoms with van der Waals surface area (Å²) in [5, 5.41) is 2.73. The third kappa shape index (κ3) is 8.89. The van der Waals surface area contributed by atoms with Gasteiger partial charge in [0.05, 0.1) is 17.5 Å². The number of nitrogens with one attached hydrogen (secondary N) is 2. The number of carbonyl (C=O) groups excluding carboxylic acids is 1. The smallest absolute Gasteiger partial charge is 0.240 e. The van der Waals surface area contributed by atoms with Gasteiger partial charge in [0.25, 0.3) is 0 Å². The number of amides is 1. The molecule has 0 aliphatic heterocycles. The maximum Gasteiger partial charge on any atom is 0.240 e. The van der Waals surface area contributed by atoms with E-state index >= 15 is 0 Å². The molecule has 0 bridgehead atoms. The number of sulfonamides is 1. The first kappa shape index (κ1) is 24.2. The molecule has 4 N–H and O–H groups in total. The van der Waals surface area contributed by atoms with E-state index in [1.807, 2.05) is 6.26 Å². The highest BCUT2D eigenvalue weighted by Crippen LogP contribution is 2.11. The molecule has 0 saturated heterocycles. The van der Waals surface area contributed by atoms with Gasteiger partial charge >= 0.3 is 0 Å². The van der Waals surface area contributed by atoms with E-state index in [9.17, 15) is 13.2 Å². The second-order valence-electron chi connectivity index (χ2n) is 5.14. The lowest BCUT2D eigenvalue weighted by Crippen LogP contribution is -2.40. The number of ether oxygens (including phenoxy) is 1. The summed E-state index contributed by atoms with van der Waals surface area (Å²) >= 11 is 1.63. The highest BCUT2D eigenvalue weighted by atomic mass is 35.5. The first-order valence-electron chi connectivity index (χ1n) is 7.50. The van der Waals surface area contributed by atoms with Crippen LogP contribution in [0.5, 0.6) is 0 Å². The molecule has 0 aromatic heterocycles. The summed E-state index contributed by atoms with van der Waals surface area (Å²) in [5.74, 6) is 0.575. The number of methoxy groups -OCH3 is 1. The van der Waals surface area contributed by atoms with Crippen LogP contribution in [0.3, 0.4) is 0 Å². The monoisotopic (exact) mass is 411 g/mol. The molecule has 1 aromatic rings. The van der Waals surface area contributed by atoms with Crippen LogP contribution in [0.2, 0.25) is 0 Å². The molecule has 7 nitrogen and oxygen atoms in total. The minimum atomic E-state index is -3.59. The maximum atomic E-state index is 12.1. The van der Waals surface area contributed by atoms with Gasteiger partial charge in [0.15, 0.2) is 0 Å². The van der Waals surface area contributed by atoms with Gasteiger partial charge in [-0.05, 0) is 36.1 Å². The Hall–Kier alpha value is -0.840. The Bertz CT molecular complexity index is 629. The number of nitrogens with two attached hydrogens (primary N) is 1. The number of hydrogen-bond acceptors (Lipinski definition) is 6. The molecule has 25 heavy (non-hydrogen) atoms. The van der Waals surface area contributed by atoms with Crippen LogP contribution < -0.4 is 15.8 Å². The second-order valence-corrected chi connectivity index (χ2v) is 7.90. The first-order chi connectivity index (χ1) is 11.4. The molecular weight excluding hydrogens is 386 g/mol. The van der Waals surface area contributed by atoms with Crippen LogP contribution in [0, 0.1) is 0 Å². The van der Waals surface area contributed by atoms with Crippen molar-refractivity contribution < 1.29 is 17.9 Å². The lowest BCUT2D eigenvalue weighted by molar-refractivity contribution is -0.122. The predicted molar refractivity (Wildman–Crippen MR) is 104 cm³/mol. The van der Waals surface area contributed by atoms with E-state index in [0.29, 0.717) is 18.6 Å². The Morgan fingerprint density at radius 3 is 2.76 bits per heavy atom. The lowest BCUT2D eigenvalue weighted by atomic mass is 10.2. The van der Waals surface area contributed by atoms with E-state index in [1.54, 1.807) is 23.9 Å². The van der Waals surface area contributed by atoms with E-state index in [2.05, 4.69) is 10.0 Å². The van der Waals surface area contributed by atoms with E-state index in [0.717, 1.165) is 5.75 Å². The topological polar surface area (TPSA) is 111 Å². The van der Waals surface area contributed by atoms with Gasteiger partial charge in [-0.2, -0.15) is 11.8 Å². The number of carbonyl (C=O) groups is 1. The molecule has 1 atom stereocenters. The van der Waals surface area contributed by atoms with Crippen molar-refractivity contribution in [3.63, 3.8) is 0 Å². The van der Waals surface area contributed by atoms with Crippen molar-refractivity contribution in [3.05, 3.63) is 29.8 Å². The average Bonchev–Trinajstić information content (AvgIpc) is 2.57. The molecule has 0 fully saturated rings. The first-order valence-corrected chi connectivity index (χ1v) is 10.4. The summed E-state index contributed by atoms with van der Waals surface area (Å²) in [7, 11) is -2.09. The fourth-order valence-electron chi connectivity index (χ4n) is 1.88. The van der Waals surface area contributed by atoms with Crippen LogP contribution in [0.4, 0.5) is 0 Å². The van der Waals surface area contributed by atoms with Crippen molar-refractivity contribution in [1.82, 2.24) is 10.0 Å². The number of halogens is 1. The summed E-state index contributed by atoms with van der Waals surface area (Å²) in [5.41, 5.74) is 6.48. The molecule has 0 saturated carbocycles. The highest BCUT2D eigenvalue weighted by molar-refractivity contribution is 7.98. The minimum Gasteiger partial charge on any atom is -0.383 e. The Kier molecular flexibility index (Phi) is 12.1. The van der Waals surface area contributed by atoms with Crippen LogP contribution in [-0.4, -0.2) is 52.6 Å². The summed E-state index contributed by atoms with van der Waals surface area (Å²) in [6.07, 6.45) is 2.56. The minimum absolute atomic E-state index is 0. The van der Waals surface area contributed by atoms with Crippen molar-refractivity contribution in [2.24, 2.45) is 5.73 Å². The summed E-state index contributed by atoms with van der Waals surface area (Å²) in [4.78, 5) is 12.0. The molecule has 0 unspecified atom stereocenters. The fourth-order valence-corrected chi connectivity index (χ4v) is 3.45. The number of hydrogen-bond donors (Lipinski definition) is 3. The zero-order valence-corrected chi connectivity index (χ0v) is 16.8. The summed E-state index contributed by atoms with van der Waals surface area (Å²) < 4.78 is 31.6. The standard InChI is InChI=1S/C15H25N3O4S2.ClH/c1-22-8-7-18-24(20,21)13-5-3-4-12(10-13)11-17-15(19)14(16)6-9-23-2;/h3-5,10,14,18H,6-9,11,16H2,1-2H3,(H,17,19);1H/t14-;/m0./s1. The van der Waals surface area contributed by atoms with E-state index in [4.69, 9.17) is 10.5 Å². The van der Waals surface area contributed by atoms with Crippen molar-refractivity contribution in [3.8, 4) is 0 Å². The quantitative estimate of drug-likeness (QED) is 0.463. The molecule has 0 heterocycles. The summed E-state index contributed by atoms with van der Waals surface area (Å²) in [6, 6.07) is 5.87. The molecule has 1 aromatic carbocycles. The molecular formula is C15H26ClN3O4S2. The molecule has 0 aliphatic carbocycles. The van der Waals surface area contributed by atoms with Gasteiger partial charge in [0, 0.05) is 20.2 Å². The van der Waals surface area contributed by atoms with Gasteiger partial charge < -0.3 is 15.8 Å². The molecule has 0 radical (unpaired) electrons. The van der Waals surface area contributed by atoms with Gasteiger partial charge in [-0.25, -0.2) is 13.1 Å². The zero-order valence-electron chi connectivity index (χ0n) is 14.4. The predicted octanol–water partition coefficient (Wildman–Crippen LogP) is 0.730. The van der Waals surface area contributed by atoms with Gasteiger partial charge in [0.2, 0.25) is 15.9 Å². The molecule has 1 rings (SSSR count). The average molecular weight is 412 g/mol. The fraction of sp³-hybridized carbons (Fsp3) is 0.533. The van der Waals surface area contributed by atoms with Crippen molar-refractivity contribution >= 4 is 40.1 Å². The molecule has 0 aliphatic rings. The van der Waals surface area contributed by atoms with E-state index in [1.165, 1.54) is 19.2 Å². The van der Waals surface area contributed by atoms with Crippen molar-refractivity contribution in [2.75, 3.05) is 32.3 Å². The van der Waals surface area contributed by atoms with Crippen molar-refractivity contribution in [1.29, 1.82) is 0 Å². The van der Waals surface area contributed by atoms with Crippen LogP contribution in [-0.2, 0) is 26.1 Å². The lowest BCUT2D eigenvalue weighted by Gasteiger charge is -2.12. The number of thioether (sulfide) groups is 1. The van der Waals surface area contributed by atoms with Crippen LogP contribution >= 0.6 is 24.2 Å². The van der Waals surface area contributed by atoms with Gasteiger partial charge in [-0.15, -0.1) is 12.4 Å². The van der Waals surface area contributed by atoms with Gasteiger partial charge in [-0.3, -0.25) is 4.79 Å². The van der Waals surface area contributed by atoms with Gasteiger partial charge in [0.1, 0.15) is 0 Å². The Balaban J connectivity index is 0.00000576. The molecule has 144 valence electrons. The maximum absolute atomic E-state index is 12.1. The Morgan fingerprint density at radius 1 is 1.40 bits per heavy atom. The Labute approximate surface area is 159 Å². The van der Waals surface area contributed by atoms with Gasteiger partial charge in [-0.1, -0.05) is 12.1 Å². The van der Waals surface area contributed by atoms with Crippen LogP contribution in [0.1, 0.15) is 12.0 Å². The molecule has 10 heteroatoms. The third-order valence-corrected chi connectivity index (χ3v) is 5.35. The summed E-state index contributed by atoms with van der Waals surface area (Å²) in [6.45, 7) is 0.722. The second kappa shape index (κ2) is 12.5. The zero-order chi connectivity index (χ0) is 18.0. The molecule has 1 amide bonds. The largest absolute Gasteiger partial charge is 0.383 e. The SMILES string of the molecule is COCCNS(=O)(=O)c1cccc(CNC(=O)[C@@H](N)CCSC)c1.Cl.